The van der Waals surface area contributed by atoms with Gasteiger partial charge in [0.25, 0.3) is 0 Å². The minimum absolute atomic E-state index is 0.161. The SMILES string of the molecule is Cc1cc(C(Cl)CC2CC2)c(C)cc1Cl. The highest BCUT2D eigenvalue weighted by atomic mass is 35.5. The van der Waals surface area contributed by atoms with Crippen molar-refractivity contribution in [2.75, 3.05) is 0 Å². The van der Waals surface area contributed by atoms with Crippen molar-refractivity contribution in [3.63, 3.8) is 0 Å². The Labute approximate surface area is 102 Å². The smallest absolute Gasteiger partial charge is 0.0590 e. The predicted molar refractivity (Wildman–Crippen MR) is 66.9 cm³/mol. The molecule has 1 aliphatic rings. The molecule has 0 N–H and O–H groups in total. The standard InChI is InChI=1S/C13H16Cl2/c1-8-6-12(14)9(2)5-11(8)13(15)7-10-3-4-10/h5-6,10,13H,3-4,7H2,1-2H3. The third-order valence-electron chi connectivity index (χ3n) is 3.12. The number of hydrogen-bond acceptors (Lipinski definition) is 0. The van der Waals surface area contributed by atoms with E-state index in [9.17, 15) is 0 Å². The van der Waals surface area contributed by atoms with Gasteiger partial charge in [-0.1, -0.05) is 30.5 Å². The molecule has 15 heavy (non-hydrogen) atoms. The molecule has 0 saturated heterocycles. The lowest BCUT2D eigenvalue weighted by molar-refractivity contribution is 0.703. The molecule has 82 valence electrons. The van der Waals surface area contributed by atoms with E-state index in [0.29, 0.717) is 0 Å². The molecular weight excluding hydrogens is 227 g/mol. The van der Waals surface area contributed by atoms with Crippen LogP contribution in [0.25, 0.3) is 0 Å². The van der Waals surface area contributed by atoms with Crippen molar-refractivity contribution < 1.29 is 0 Å². The van der Waals surface area contributed by atoms with Crippen LogP contribution in [-0.2, 0) is 0 Å². The minimum atomic E-state index is 0.161. The van der Waals surface area contributed by atoms with Gasteiger partial charge in [-0.25, -0.2) is 0 Å². The molecule has 0 aromatic heterocycles. The second-order valence-electron chi connectivity index (χ2n) is 4.60. The van der Waals surface area contributed by atoms with Gasteiger partial charge in [0.05, 0.1) is 5.38 Å². The molecule has 0 aliphatic heterocycles. The summed E-state index contributed by atoms with van der Waals surface area (Å²) in [6, 6.07) is 4.16. The molecule has 1 aromatic carbocycles. The Hall–Kier alpha value is -0.200. The fraction of sp³-hybridized carbons (Fsp3) is 0.538. The van der Waals surface area contributed by atoms with Crippen LogP contribution in [0.5, 0.6) is 0 Å². The molecule has 1 aliphatic carbocycles. The van der Waals surface area contributed by atoms with Crippen molar-refractivity contribution in [2.24, 2.45) is 5.92 Å². The van der Waals surface area contributed by atoms with Crippen LogP contribution < -0.4 is 0 Å². The summed E-state index contributed by atoms with van der Waals surface area (Å²) in [5.41, 5.74) is 3.59. The van der Waals surface area contributed by atoms with Gasteiger partial charge in [-0.3, -0.25) is 0 Å². The monoisotopic (exact) mass is 242 g/mol. The highest BCUT2D eigenvalue weighted by Crippen LogP contribution is 2.41. The second-order valence-corrected chi connectivity index (χ2v) is 5.54. The van der Waals surface area contributed by atoms with Crippen LogP contribution >= 0.6 is 23.2 Å². The Bertz CT molecular complexity index is 367. The highest BCUT2D eigenvalue weighted by Gasteiger charge is 2.26. The van der Waals surface area contributed by atoms with Crippen molar-refractivity contribution in [1.82, 2.24) is 0 Å². The summed E-state index contributed by atoms with van der Waals surface area (Å²) < 4.78 is 0. The van der Waals surface area contributed by atoms with Gasteiger partial charge in [0, 0.05) is 5.02 Å². The molecule has 2 rings (SSSR count). The van der Waals surface area contributed by atoms with Crippen LogP contribution in [0.15, 0.2) is 12.1 Å². The Morgan fingerprint density at radius 1 is 1.27 bits per heavy atom. The molecule has 0 bridgehead atoms. The van der Waals surface area contributed by atoms with Crippen molar-refractivity contribution in [2.45, 2.75) is 38.5 Å². The summed E-state index contributed by atoms with van der Waals surface area (Å²) >= 11 is 12.5. The van der Waals surface area contributed by atoms with E-state index in [0.717, 1.165) is 22.9 Å². The van der Waals surface area contributed by atoms with Gasteiger partial charge in [0.1, 0.15) is 0 Å². The van der Waals surface area contributed by atoms with Crippen LogP contribution in [0.1, 0.15) is 41.3 Å². The molecule has 1 atom stereocenters. The van der Waals surface area contributed by atoms with Gasteiger partial charge in [0.15, 0.2) is 0 Å². The topological polar surface area (TPSA) is 0 Å². The number of hydrogen-bond donors (Lipinski definition) is 0. The number of halogens is 2. The summed E-state index contributed by atoms with van der Waals surface area (Å²) in [6.45, 7) is 4.12. The number of benzene rings is 1. The lowest BCUT2D eigenvalue weighted by Gasteiger charge is -2.14. The predicted octanol–water partition coefficient (Wildman–Crippen LogP) is 5.04. The Morgan fingerprint density at radius 3 is 2.53 bits per heavy atom. The largest absolute Gasteiger partial charge is 0.118 e. The first-order chi connectivity index (χ1) is 7.08. The summed E-state index contributed by atoms with van der Waals surface area (Å²) in [6.07, 6.45) is 3.83. The third-order valence-corrected chi connectivity index (χ3v) is 3.94. The van der Waals surface area contributed by atoms with E-state index in [-0.39, 0.29) is 5.38 Å². The zero-order chi connectivity index (χ0) is 11.0. The van der Waals surface area contributed by atoms with Gasteiger partial charge in [-0.05, 0) is 48.9 Å². The Balaban J connectivity index is 2.21. The summed E-state index contributed by atoms with van der Waals surface area (Å²) in [5.74, 6) is 0.864. The third kappa shape index (κ3) is 2.68. The highest BCUT2D eigenvalue weighted by molar-refractivity contribution is 6.31. The first kappa shape index (κ1) is 11.3. The normalized spacial score (nSPS) is 17.9. The summed E-state index contributed by atoms with van der Waals surface area (Å²) in [5, 5.41) is 1.00. The molecule has 1 saturated carbocycles. The number of alkyl halides is 1. The Kier molecular flexibility index (Phi) is 3.27. The first-order valence-electron chi connectivity index (χ1n) is 5.48. The average Bonchev–Trinajstić information content (AvgIpc) is 2.95. The number of aryl methyl sites for hydroxylation is 2. The molecule has 1 aromatic rings. The molecule has 0 amide bonds. The van der Waals surface area contributed by atoms with E-state index in [2.05, 4.69) is 13.0 Å². The van der Waals surface area contributed by atoms with E-state index < -0.39 is 0 Å². The lowest BCUT2D eigenvalue weighted by Crippen LogP contribution is -1.96. The van der Waals surface area contributed by atoms with Crippen LogP contribution in [0, 0.1) is 19.8 Å². The van der Waals surface area contributed by atoms with E-state index in [4.69, 9.17) is 23.2 Å². The zero-order valence-corrected chi connectivity index (χ0v) is 10.7. The quantitative estimate of drug-likeness (QED) is 0.652. The molecule has 1 unspecified atom stereocenters. The van der Waals surface area contributed by atoms with E-state index in [1.54, 1.807) is 0 Å². The van der Waals surface area contributed by atoms with Crippen LogP contribution in [0.3, 0.4) is 0 Å². The maximum absolute atomic E-state index is 6.43. The van der Waals surface area contributed by atoms with Gasteiger partial charge in [-0.15, -0.1) is 11.6 Å². The molecule has 1 fully saturated rings. The van der Waals surface area contributed by atoms with E-state index in [1.165, 1.54) is 24.0 Å². The molecule has 2 heteroatoms. The lowest BCUT2D eigenvalue weighted by atomic mass is 9.99. The van der Waals surface area contributed by atoms with Gasteiger partial charge < -0.3 is 0 Å². The fourth-order valence-electron chi connectivity index (χ4n) is 1.91. The molecule has 0 spiro atoms. The number of rotatable bonds is 3. The van der Waals surface area contributed by atoms with Crippen molar-refractivity contribution in [3.8, 4) is 0 Å². The van der Waals surface area contributed by atoms with Crippen LogP contribution in [0.4, 0.5) is 0 Å². The maximum atomic E-state index is 6.43. The second kappa shape index (κ2) is 4.35. The molecular formula is C13H16Cl2. The zero-order valence-electron chi connectivity index (χ0n) is 9.19. The van der Waals surface area contributed by atoms with Crippen molar-refractivity contribution in [1.29, 1.82) is 0 Å². The van der Waals surface area contributed by atoms with Gasteiger partial charge >= 0.3 is 0 Å². The minimum Gasteiger partial charge on any atom is -0.118 e. The van der Waals surface area contributed by atoms with Gasteiger partial charge in [0.2, 0.25) is 0 Å². The summed E-state index contributed by atoms with van der Waals surface area (Å²) in [7, 11) is 0. The summed E-state index contributed by atoms with van der Waals surface area (Å²) in [4.78, 5) is 0. The molecule has 0 nitrogen and oxygen atoms in total. The fourth-order valence-corrected chi connectivity index (χ4v) is 2.62. The molecule has 0 radical (unpaired) electrons. The van der Waals surface area contributed by atoms with Crippen LogP contribution in [0.2, 0.25) is 5.02 Å². The van der Waals surface area contributed by atoms with E-state index >= 15 is 0 Å². The first-order valence-corrected chi connectivity index (χ1v) is 6.30. The Morgan fingerprint density at radius 2 is 1.93 bits per heavy atom. The van der Waals surface area contributed by atoms with E-state index in [1.807, 2.05) is 13.0 Å². The van der Waals surface area contributed by atoms with Crippen molar-refractivity contribution >= 4 is 23.2 Å². The van der Waals surface area contributed by atoms with Crippen molar-refractivity contribution in [3.05, 3.63) is 33.8 Å². The molecule has 0 heterocycles. The van der Waals surface area contributed by atoms with Crippen LogP contribution in [-0.4, -0.2) is 0 Å². The average molecular weight is 243 g/mol. The van der Waals surface area contributed by atoms with Gasteiger partial charge in [-0.2, -0.15) is 0 Å². The maximum Gasteiger partial charge on any atom is 0.0590 e.